The summed E-state index contributed by atoms with van der Waals surface area (Å²) in [4.78, 5) is 22.8. The highest BCUT2D eigenvalue weighted by molar-refractivity contribution is 7.86. The molecule has 0 amide bonds. The summed E-state index contributed by atoms with van der Waals surface area (Å²) < 4.78 is 24.0. The molecule has 3 saturated heterocycles. The van der Waals surface area contributed by atoms with E-state index in [1.54, 1.807) is 0 Å². The van der Waals surface area contributed by atoms with E-state index in [9.17, 15) is 4.21 Å². The highest BCUT2D eigenvalue weighted by atomic mass is 32.2. The monoisotopic (exact) mass is 514 g/mol. The fourth-order valence-corrected chi connectivity index (χ4v) is 7.88. The first-order valence-corrected chi connectivity index (χ1v) is 14.2. The maximum Gasteiger partial charge on any atom is 0.229 e. The lowest BCUT2D eigenvalue weighted by atomic mass is 10.1. The number of fused-ring (bicyclic) bond motifs is 6. The van der Waals surface area contributed by atoms with Gasteiger partial charge in [0, 0.05) is 82.9 Å². The Balaban J connectivity index is 1.28. The first-order chi connectivity index (χ1) is 18.2. The summed E-state index contributed by atoms with van der Waals surface area (Å²) in [5.41, 5.74) is 5.18. The molecule has 0 unspecified atom stereocenters. The Morgan fingerprint density at radius 2 is 2.05 bits per heavy atom. The largest absolute Gasteiger partial charge is 0.432 e. The van der Waals surface area contributed by atoms with Crippen LogP contribution >= 0.6 is 0 Å². The molecule has 5 aromatic rings. The normalized spacial score (nSPS) is 24.2. The quantitative estimate of drug-likeness (QED) is 0.389. The molecule has 0 saturated carbocycles. The van der Waals surface area contributed by atoms with Crippen molar-refractivity contribution in [3.05, 3.63) is 48.3 Å². The second kappa shape index (κ2) is 8.34. The maximum atomic E-state index is 12.1. The van der Waals surface area contributed by atoms with Gasteiger partial charge in [0.1, 0.15) is 5.52 Å². The van der Waals surface area contributed by atoms with E-state index < -0.39 is 10.8 Å². The summed E-state index contributed by atoms with van der Waals surface area (Å²) in [5, 5.41) is 2.31. The van der Waals surface area contributed by atoms with Crippen LogP contribution in [0.15, 0.2) is 47.1 Å². The Labute approximate surface area is 215 Å². The number of H-pyrrole nitrogens is 1. The molecule has 0 aliphatic carbocycles. The average molecular weight is 515 g/mol. The van der Waals surface area contributed by atoms with Crippen LogP contribution in [-0.4, -0.2) is 78.9 Å². The predicted molar refractivity (Wildman–Crippen MR) is 143 cm³/mol. The van der Waals surface area contributed by atoms with Gasteiger partial charge < -0.3 is 19.0 Å². The smallest absolute Gasteiger partial charge is 0.229 e. The van der Waals surface area contributed by atoms with Crippen LogP contribution in [0.3, 0.4) is 0 Å². The standard InChI is InChI=1S/C27H26N6O3S/c34-37-15-17-11-18(37)14-33(17)13-16-10-21-23-24(36-27(21)29-12-16)26(32-6-8-35-9-7-32)31-25(30-23)20-2-1-3-22-19(20)4-5-28-22/h1-5,10,12,17-18,28H,6-9,11,13-15H2/t17-,18-,37-/m0/s1. The van der Waals surface area contributed by atoms with Gasteiger partial charge in [-0.2, -0.15) is 0 Å². The van der Waals surface area contributed by atoms with Crippen LogP contribution in [0.1, 0.15) is 12.0 Å². The summed E-state index contributed by atoms with van der Waals surface area (Å²) in [6.45, 7) is 4.49. The third-order valence-corrected chi connectivity index (χ3v) is 9.76. The molecule has 37 heavy (non-hydrogen) atoms. The summed E-state index contributed by atoms with van der Waals surface area (Å²) in [7, 11) is -0.662. The van der Waals surface area contributed by atoms with Gasteiger partial charge in [-0.05, 0) is 30.2 Å². The van der Waals surface area contributed by atoms with E-state index in [-0.39, 0.29) is 0 Å². The second-order valence-electron chi connectivity index (χ2n) is 10.2. The number of benzene rings is 1. The van der Waals surface area contributed by atoms with Crippen molar-refractivity contribution in [2.75, 3.05) is 43.5 Å². The van der Waals surface area contributed by atoms with Crippen LogP contribution in [-0.2, 0) is 22.1 Å². The van der Waals surface area contributed by atoms with Crippen molar-refractivity contribution in [1.82, 2.24) is 24.8 Å². The molecule has 0 radical (unpaired) electrons. The predicted octanol–water partition coefficient (Wildman–Crippen LogP) is 3.46. The zero-order chi connectivity index (χ0) is 24.5. The number of likely N-dealkylation sites (tertiary alicyclic amines) is 1. The Bertz CT molecular complexity index is 1690. The lowest BCUT2D eigenvalue weighted by Gasteiger charge is -2.27. The van der Waals surface area contributed by atoms with Gasteiger partial charge in [0.2, 0.25) is 5.71 Å². The van der Waals surface area contributed by atoms with Gasteiger partial charge in [-0.25, -0.2) is 15.0 Å². The zero-order valence-electron chi connectivity index (χ0n) is 20.2. The van der Waals surface area contributed by atoms with E-state index in [0.29, 0.717) is 41.6 Å². The number of hydrogen-bond donors (Lipinski definition) is 1. The molecule has 0 spiro atoms. The molecule has 9 nitrogen and oxygen atoms in total. The molecule has 4 aromatic heterocycles. The minimum Gasteiger partial charge on any atom is -0.432 e. The van der Waals surface area contributed by atoms with E-state index >= 15 is 0 Å². The van der Waals surface area contributed by atoms with Crippen molar-refractivity contribution in [2.24, 2.45) is 0 Å². The van der Waals surface area contributed by atoms with Gasteiger partial charge in [-0.1, -0.05) is 12.1 Å². The Morgan fingerprint density at radius 3 is 2.89 bits per heavy atom. The van der Waals surface area contributed by atoms with Gasteiger partial charge in [0.05, 0.1) is 18.6 Å². The number of nitrogens with one attached hydrogen (secondary N) is 1. The molecule has 3 aliphatic heterocycles. The topological polar surface area (TPSA) is 100 Å². The van der Waals surface area contributed by atoms with Crippen LogP contribution in [0.25, 0.3) is 44.5 Å². The molecular weight excluding hydrogens is 488 g/mol. The Morgan fingerprint density at radius 1 is 1.14 bits per heavy atom. The van der Waals surface area contributed by atoms with E-state index in [0.717, 1.165) is 77.1 Å². The molecule has 188 valence electrons. The third-order valence-electron chi connectivity index (χ3n) is 7.96. The lowest BCUT2D eigenvalue weighted by Crippen LogP contribution is -2.37. The minimum absolute atomic E-state index is 0.318. The molecule has 3 fully saturated rings. The van der Waals surface area contributed by atoms with Crippen LogP contribution in [0, 0.1) is 0 Å². The molecule has 3 atom stereocenters. The third kappa shape index (κ3) is 3.50. The van der Waals surface area contributed by atoms with Crippen LogP contribution < -0.4 is 4.90 Å². The summed E-state index contributed by atoms with van der Waals surface area (Å²) in [5.74, 6) is 2.25. The van der Waals surface area contributed by atoms with Crippen LogP contribution in [0.4, 0.5) is 5.82 Å². The number of ether oxygens (including phenoxy) is 1. The maximum absolute atomic E-state index is 12.1. The van der Waals surface area contributed by atoms with E-state index in [1.165, 1.54) is 0 Å². The molecule has 8 rings (SSSR count). The fourth-order valence-electron chi connectivity index (χ4n) is 6.09. The van der Waals surface area contributed by atoms with Crippen molar-refractivity contribution < 1.29 is 13.4 Å². The van der Waals surface area contributed by atoms with Gasteiger partial charge in [0.15, 0.2) is 17.2 Å². The average Bonchev–Trinajstić information content (AvgIpc) is 3.71. The number of furan rings is 1. The van der Waals surface area contributed by atoms with Crippen molar-refractivity contribution in [1.29, 1.82) is 0 Å². The molecule has 3 aliphatic rings. The molecule has 10 heteroatoms. The van der Waals surface area contributed by atoms with E-state index in [1.807, 2.05) is 18.5 Å². The molecule has 1 aromatic carbocycles. The zero-order valence-corrected chi connectivity index (χ0v) is 21.0. The summed E-state index contributed by atoms with van der Waals surface area (Å²) in [6, 6.07) is 10.8. The minimum atomic E-state index is -0.662. The summed E-state index contributed by atoms with van der Waals surface area (Å²) in [6.07, 6.45) is 4.89. The second-order valence-corrected chi connectivity index (χ2v) is 11.9. The van der Waals surface area contributed by atoms with Gasteiger partial charge in [-0.3, -0.25) is 9.11 Å². The number of rotatable bonds is 4. The number of nitrogens with zero attached hydrogens (tertiary/aromatic N) is 5. The van der Waals surface area contributed by atoms with Crippen molar-refractivity contribution >= 4 is 49.7 Å². The van der Waals surface area contributed by atoms with Crippen molar-refractivity contribution in [2.45, 2.75) is 24.3 Å². The van der Waals surface area contributed by atoms with Gasteiger partial charge in [0.25, 0.3) is 0 Å². The van der Waals surface area contributed by atoms with E-state index in [4.69, 9.17) is 24.1 Å². The number of hydrogen-bond acceptors (Lipinski definition) is 8. The Kier molecular flexibility index (Phi) is 4.89. The van der Waals surface area contributed by atoms with Gasteiger partial charge >= 0.3 is 0 Å². The van der Waals surface area contributed by atoms with E-state index in [2.05, 4.69) is 39.0 Å². The SMILES string of the molecule is O=[S@]1C[C@@H]2C[C@H]1CN2Cc1cnc2oc3c(N4CCOCC4)nc(-c4cccc5[nH]ccc45)nc3c2c1. The van der Waals surface area contributed by atoms with Crippen LogP contribution in [0.2, 0.25) is 0 Å². The van der Waals surface area contributed by atoms with Crippen molar-refractivity contribution in [3.8, 4) is 11.4 Å². The molecular formula is C27H26N6O3S. The van der Waals surface area contributed by atoms with Crippen molar-refractivity contribution in [3.63, 3.8) is 0 Å². The lowest BCUT2D eigenvalue weighted by molar-refractivity contribution is 0.122. The highest BCUT2D eigenvalue weighted by Gasteiger charge is 2.42. The summed E-state index contributed by atoms with van der Waals surface area (Å²) >= 11 is 0. The number of morpholine rings is 1. The molecule has 7 heterocycles. The fraction of sp³-hybridized carbons (Fsp3) is 0.370. The number of aromatic amines is 1. The molecule has 2 bridgehead atoms. The highest BCUT2D eigenvalue weighted by Crippen LogP contribution is 2.37. The Hall–Kier alpha value is -3.34. The number of aromatic nitrogens is 4. The molecule has 1 N–H and O–H groups in total. The van der Waals surface area contributed by atoms with Crippen LogP contribution in [0.5, 0.6) is 0 Å². The van der Waals surface area contributed by atoms with Gasteiger partial charge in [-0.15, -0.1) is 0 Å². The number of pyridine rings is 1. The first-order valence-electron chi connectivity index (χ1n) is 12.8. The first kappa shape index (κ1) is 21.7. The number of anilines is 1.